The van der Waals surface area contributed by atoms with Crippen molar-refractivity contribution in [3.05, 3.63) is 89.9 Å². The number of para-hydroxylation sites is 2. The van der Waals surface area contributed by atoms with Crippen LogP contribution in [0.1, 0.15) is 11.1 Å². The van der Waals surface area contributed by atoms with E-state index in [4.69, 9.17) is 14.2 Å². The number of rotatable bonds is 13. The number of amides is 3. The van der Waals surface area contributed by atoms with E-state index in [1.165, 1.54) is 30.2 Å². The molecule has 0 saturated heterocycles. The molecule has 0 aliphatic heterocycles. The molecule has 4 rings (SSSR count). The van der Waals surface area contributed by atoms with Gasteiger partial charge in [-0.3, -0.25) is 4.79 Å². The first kappa shape index (κ1) is 29.4. The molecule has 0 saturated carbocycles. The third-order valence-corrected chi connectivity index (χ3v) is 6.79. The van der Waals surface area contributed by atoms with Crippen molar-refractivity contribution in [3.8, 4) is 11.5 Å². The number of nitrogens with zero attached hydrogens (tertiary/aromatic N) is 2. The molecule has 0 radical (unpaired) electrons. The second kappa shape index (κ2) is 14.2. The van der Waals surface area contributed by atoms with Gasteiger partial charge in [0.25, 0.3) is 0 Å². The number of aromatic nitrogens is 1. The first-order valence-corrected chi connectivity index (χ1v) is 13.3. The molecule has 41 heavy (non-hydrogen) atoms. The summed E-state index contributed by atoms with van der Waals surface area (Å²) in [5.74, 6) is 0.315. The van der Waals surface area contributed by atoms with E-state index in [0.717, 1.165) is 22.0 Å². The second-order valence-electron chi connectivity index (χ2n) is 9.44. The summed E-state index contributed by atoms with van der Waals surface area (Å²) in [5.41, 5.74) is 2.98. The van der Waals surface area contributed by atoms with E-state index >= 15 is 0 Å². The van der Waals surface area contributed by atoms with Gasteiger partial charge >= 0.3 is 6.03 Å². The van der Waals surface area contributed by atoms with Crippen LogP contribution in [-0.2, 0) is 22.5 Å². The van der Waals surface area contributed by atoms with E-state index in [1.54, 1.807) is 31.3 Å². The van der Waals surface area contributed by atoms with Gasteiger partial charge in [0.2, 0.25) is 5.91 Å². The first-order valence-electron chi connectivity index (χ1n) is 13.3. The van der Waals surface area contributed by atoms with Crippen molar-refractivity contribution in [3.63, 3.8) is 0 Å². The van der Waals surface area contributed by atoms with Gasteiger partial charge < -0.3 is 34.3 Å². The maximum absolute atomic E-state index is 14.2. The minimum absolute atomic E-state index is 0.0360. The number of urea groups is 1. The number of nitrogens with one attached hydrogen (secondary N) is 2. The van der Waals surface area contributed by atoms with E-state index in [0.29, 0.717) is 24.5 Å². The first-order chi connectivity index (χ1) is 19.9. The number of ether oxygens (including phenoxy) is 3. The second-order valence-corrected chi connectivity index (χ2v) is 9.44. The summed E-state index contributed by atoms with van der Waals surface area (Å²) in [6.45, 7) is 0.833. The number of anilines is 1. The summed E-state index contributed by atoms with van der Waals surface area (Å²) in [5, 5.41) is 3.66. The molecule has 0 aliphatic carbocycles. The summed E-state index contributed by atoms with van der Waals surface area (Å²) in [6.07, 6.45) is 2.55. The number of carbonyl (C=O) groups is 2. The lowest BCUT2D eigenvalue weighted by molar-refractivity contribution is -0.132. The lowest BCUT2D eigenvalue weighted by Gasteiger charge is -2.28. The molecule has 4 aromatic rings. The Morgan fingerprint density at radius 3 is 2.41 bits per heavy atom. The maximum atomic E-state index is 14.2. The normalized spacial score (nSPS) is 10.8. The van der Waals surface area contributed by atoms with Gasteiger partial charge in [-0.15, -0.1) is 0 Å². The standard InChI is InChI=1S/C31H35FN4O5/c1-39-17-16-36(31(38)34-27-11-7-5-9-25(27)32)21-30(37)35(20-22-12-13-28(40-2)29(18-22)41-3)15-14-23-19-33-26-10-6-4-8-24(23)26/h4-13,18-19,33H,14-17,20-21H2,1-3H3,(H,34,38). The van der Waals surface area contributed by atoms with Crippen LogP contribution in [0.2, 0.25) is 0 Å². The average molecular weight is 563 g/mol. The Kier molecular flexibility index (Phi) is 10.2. The molecule has 0 fully saturated rings. The van der Waals surface area contributed by atoms with Crippen LogP contribution >= 0.6 is 0 Å². The minimum Gasteiger partial charge on any atom is -0.493 e. The van der Waals surface area contributed by atoms with Crippen LogP contribution in [0.5, 0.6) is 11.5 Å². The van der Waals surface area contributed by atoms with Crippen molar-refractivity contribution in [2.75, 3.05) is 52.9 Å². The third kappa shape index (κ3) is 7.55. The number of halogens is 1. The Labute approximate surface area is 238 Å². The van der Waals surface area contributed by atoms with Gasteiger partial charge in [-0.1, -0.05) is 36.4 Å². The van der Waals surface area contributed by atoms with Crippen molar-refractivity contribution in [1.29, 1.82) is 0 Å². The SMILES string of the molecule is COCCN(CC(=O)N(CCc1c[nH]c2ccccc12)Cc1ccc(OC)c(OC)c1)C(=O)Nc1ccccc1F. The highest BCUT2D eigenvalue weighted by Crippen LogP contribution is 2.28. The zero-order valence-corrected chi connectivity index (χ0v) is 23.5. The molecular weight excluding hydrogens is 527 g/mol. The maximum Gasteiger partial charge on any atom is 0.322 e. The van der Waals surface area contributed by atoms with Crippen molar-refractivity contribution in [2.45, 2.75) is 13.0 Å². The van der Waals surface area contributed by atoms with Gasteiger partial charge in [0, 0.05) is 43.8 Å². The highest BCUT2D eigenvalue weighted by molar-refractivity contribution is 5.92. The Bertz CT molecular complexity index is 1470. The quantitative estimate of drug-likeness (QED) is 0.237. The molecule has 3 amide bonds. The summed E-state index contributed by atoms with van der Waals surface area (Å²) in [6, 6.07) is 18.8. The number of H-pyrrole nitrogens is 1. The van der Waals surface area contributed by atoms with Gasteiger partial charge in [0.05, 0.1) is 26.5 Å². The van der Waals surface area contributed by atoms with Gasteiger partial charge in [-0.05, 0) is 47.9 Å². The summed E-state index contributed by atoms with van der Waals surface area (Å²) >= 11 is 0. The van der Waals surface area contributed by atoms with Gasteiger partial charge in [0.15, 0.2) is 11.5 Å². The van der Waals surface area contributed by atoms with Crippen molar-refractivity contribution in [2.24, 2.45) is 0 Å². The van der Waals surface area contributed by atoms with E-state index in [2.05, 4.69) is 10.3 Å². The number of fused-ring (bicyclic) bond motifs is 1. The Morgan fingerprint density at radius 2 is 1.66 bits per heavy atom. The Morgan fingerprint density at radius 1 is 0.902 bits per heavy atom. The largest absolute Gasteiger partial charge is 0.493 e. The molecular formula is C31H35FN4O5. The van der Waals surface area contributed by atoms with Crippen molar-refractivity contribution >= 4 is 28.5 Å². The molecule has 0 bridgehead atoms. The van der Waals surface area contributed by atoms with Crippen LogP contribution in [-0.4, -0.2) is 74.3 Å². The number of hydrogen-bond donors (Lipinski definition) is 2. The van der Waals surface area contributed by atoms with Crippen LogP contribution in [0.4, 0.5) is 14.9 Å². The minimum atomic E-state index is -0.594. The zero-order valence-electron chi connectivity index (χ0n) is 23.5. The van der Waals surface area contributed by atoms with E-state index in [-0.39, 0.29) is 37.8 Å². The molecule has 1 aromatic heterocycles. The Hall–Kier alpha value is -4.57. The Balaban J connectivity index is 1.55. The molecule has 216 valence electrons. The fourth-order valence-electron chi connectivity index (χ4n) is 4.56. The number of methoxy groups -OCH3 is 3. The van der Waals surface area contributed by atoms with Crippen LogP contribution in [0.3, 0.4) is 0 Å². The molecule has 2 N–H and O–H groups in total. The van der Waals surface area contributed by atoms with Gasteiger partial charge in [-0.2, -0.15) is 0 Å². The smallest absolute Gasteiger partial charge is 0.322 e. The highest BCUT2D eigenvalue weighted by Gasteiger charge is 2.23. The van der Waals surface area contributed by atoms with Crippen LogP contribution in [0, 0.1) is 5.82 Å². The number of carbonyl (C=O) groups excluding carboxylic acids is 2. The topological polar surface area (TPSA) is 96.1 Å². The predicted octanol–water partition coefficient (Wildman–Crippen LogP) is 5.08. The van der Waals surface area contributed by atoms with E-state index < -0.39 is 11.8 Å². The fraction of sp³-hybridized carbons (Fsp3) is 0.290. The average Bonchev–Trinajstić information content (AvgIpc) is 3.41. The van der Waals surface area contributed by atoms with Crippen molar-refractivity contribution in [1.82, 2.24) is 14.8 Å². The van der Waals surface area contributed by atoms with Gasteiger partial charge in [-0.25, -0.2) is 9.18 Å². The highest BCUT2D eigenvalue weighted by atomic mass is 19.1. The predicted molar refractivity (Wildman–Crippen MR) is 156 cm³/mol. The lowest BCUT2D eigenvalue weighted by Crippen LogP contribution is -2.46. The van der Waals surface area contributed by atoms with Crippen LogP contribution < -0.4 is 14.8 Å². The third-order valence-electron chi connectivity index (χ3n) is 6.79. The molecule has 0 aliphatic rings. The molecule has 0 atom stereocenters. The molecule has 3 aromatic carbocycles. The summed E-state index contributed by atoms with van der Waals surface area (Å²) in [4.78, 5) is 33.2. The zero-order chi connectivity index (χ0) is 29.2. The molecule has 1 heterocycles. The number of hydrogen-bond acceptors (Lipinski definition) is 5. The monoisotopic (exact) mass is 562 g/mol. The van der Waals surface area contributed by atoms with E-state index in [1.807, 2.05) is 42.6 Å². The fourth-order valence-corrected chi connectivity index (χ4v) is 4.56. The van der Waals surface area contributed by atoms with Crippen LogP contribution in [0.25, 0.3) is 10.9 Å². The number of aromatic amines is 1. The molecule has 0 spiro atoms. The van der Waals surface area contributed by atoms with Crippen LogP contribution in [0.15, 0.2) is 72.9 Å². The summed E-state index contributed by atoms with van der Waals surface area (Å²) in [7, 11) is 4.64. The van der Waals surface area contributed by atoms with Crippen molar-refractivity contribution < 1.29 is 28.2 Å². The number of benzene rings is 3. The lowest BCUT2D eigenvalue weighted by atomic mass is 10.1. The van der Waals surface area contributed by atoms with E-state index in [9.17, 15) is 14.0 Å². The molecule has 9 nitrogen and oxygen atoms in total. The molecule has 0 unspecified atom stereocenters. The summed E-state index contributed by atoms with van der Waals surface area (Å²) < 4.78 is 30.2. The molecule has 10 heteroatoms. The van der Waals surface area contributed by atoms with Gasteiger partial charge in [0.1, 0.15) is 12.4 Å².